The molecule has 0 fully saturated rings. The van der Waals surface area contributed by atoms with Crippen LogP contribution in [0.3, 0.4) is 0 Å². The summed E-state index contributed by atoms with van der Waals surface area (Å²) < 4.78 is 1.64. The van der Waals surface area contributed by atoms with E-state index >= 15 is 0 Å². The van der Waals surface area contributed by atoms with Gasteiger partial charge in [-0.2, -0.15) is 5.10 Å². The fourth-order valence-electron chi connectivity index (χ4n) is 4.11. The summed E-state index contributed by atoms with van der Waals surface area (Å²) in [6.07, 6.45) is 0. The molecule has 36 heavy (non-hydrogen) atoms. The first-order chi connectivity index (χ1) is 17.3. The van der Waals surface area contributed by atoms with Crippen LogP contribution < -0.4 is 16.4 Å². The number of hydrogen-bond donors (Lipinski definition) is 4. The van der Waals surface area contributed by atoms with Gasteiger partial charge in [-0.15, -0.1) is 0 Å². The third-order valence-corrected chi connectivity index (χ3v) is 6.00. The zero-order chi connectivity index (χ0) is 25.7. The molecule has 5 N–H and O–H groups in total. The number of aliphatic hydroxyl groups excluding tert-OH is 1. The Bertz CT molecular complexity index is 1330. The molecule has 0 aliphatic heterocycles. The molecule has 0 aliphatic carbocycles. The molecule has 3 aromatic carbocycles. The van der Waals surface area contributed by atoms with Gasteiger partial charge in [0.1, 0.15) is 5.69 Å². The lowest BCUT2D eigenvalue weighted by Gasteiger charge is -2.31. The molecular formula is C29H33N5O2. The highest BCUT2D eigenvalue weighted by molar-refractivity contribution is 6.03. The van der Waals surface area contributed by atoms with E-state index in [9.17, 15) is 9.90 Å². The maximum absolute atomic E-state index is 13.4. The molecule has 1 amide bonds. The van der Waals surface area contributed by atoms with Gasteiger partial charge in [0.2, 0.25) is 0 Å². The first-order valence-corrected chi connectivity index (χ1v) is 12.0. The highest BCUT2D eigenvalue weighted by atomic mass is 16.3. The number of nitrogens with one attached hydrogen (secondary N) is 2. The minimum absolute atomic E-state index is 0.0124. The topological polar surface area (TPSA) is 105 Å². The summed E-state index contributed by atoms with van der Waals surface area (Å²) in [7, 11) is 0. The Balaban J connectivity index is 1.64. The maximum atomic E-state index is 13.4. The van der Waals surface area contributed by atoms with Crippen molar-refractivity contribution in [2.24, 2.45) is 5.73 Å². The van der Waals surface area contributed by atoms with Crippen LogP contribution in [-0.4, -0.2) is 32.9 Å². The lowest BCUT2D eigenvalue weighted by molar-refractivity contribution is 0.101. The minimum Gasteiger partial charge on any atom is -0.394 e. The Kier molecular flexibility index (Phi) is 7.64. The van der Waals surface area contributed by atoms with Gasteiger partial charge >= 0.3 is 0 Å². The second kappa shape index (κ2) is 10.9. The van der Waals surface area contributed by atoms with Crippen LogP contribution in [0.25, 0.3) is 5.69 Å². The number of aromatic nitrogens is 2. The molecular weight excluding hydrogens is 450 g/mol. The lowest BCUT2D eigenvalue weighted by Crippen LogP contribution is -2.45. The van der Waals surface area contributed by atoms with Gasteiger partial charge in [-0.3, -0.25) is 10.1 Å². The highest BCUT2D eigenvalue weighted by Gasteiger charge is 2.24. The molecule has 0 bridgehead atoms. The van der Waals surface area contributed by atoms with Crippen LogP contribution in [0.15, 0.2) is 84.9 Å². The van der Waals surface area contributed by atoms with Crippen molar-refractivity contribution in [1.29, 1.82) is 0 Å². The lowest BCUT2D eigenvalue weighted by atomic mass is 9.94. The fourth-order valence-corrected chi connectivity index (χ4v) is 4.11. The van der Waals surface area contributed by atoms with Crippen LogP contribution in [0.5, 0.6) is 0 Å². The van der Waals surface area contributed by atoms with Gasteiger partial charge in [0.15, 0.2) is 0 Å². The van der Waals surface area contributed by atoms with Gasteiger partial charge in [-0.1, -0.05) is 54.6 Å². The summed E-state index contributed by atoms with van der Waals surface area (Å²) in [6.45, 7) is 6.17. The largest absolute Gasteiger partial charge is 0.394 e. The molecule has 1 unspecified atom stereocenters. The Hall–Kier alpha value is -3.78. The zero-order valence-electron chi connectivity index (χ0n) is 20.9. The summed E-state index contributed by atoms with van der Waals surface area (Å²) in [6, 6.07) is 27.1. The van der Waals surface area contributed by atoms with Gasteiger partial charge in [0.25, 0.3) is 5.91 Å². The van der Waals surface area contributed by atoms with Crippen LogP contribution in [0, 0.1) is 6.92 Å². The van der Waals surface area contributed by atoms with Crippen LogP contribution in [0.1, 0.15) is 52.8 Å². The number of aryl methyl sites for hydroxylation is 1. The molecule has 1 atom stereocenters. The van der Waals surface area contributed by atoms with E-state index < -0.39 is 5.54 Å². The zero-order valence-corrected chi connectivity index (χ0v) is 20.9. The SMILES string of the molecule is Cc1cc(C(=O)Nc2cccc(C(NC(C)(C)CO)c3ccccc3)c2)n(-c2cccc(CN)c2)n1. The van der Waals surface area contributed by atoms with Crippen molar-refractivity contribution in [2.45, 2.75) is 38.9 Å². The van der Waals surface area contributed by atoms with E-state index in [1.165, 1.54) is 0 Å². The number of benzene rings is 3. The molecule has 0 radical (unpaired) electrons. The molecule has 4 aromatic rings. The molecule has 1 aromatic heterocycles. The number of amides is 1. The van der Waals surface area contributed by atoms with Crippen molar-refractivity contribution >= 4 is 11.6 Å². The van der Waals surface area contributed by atoms with E-state index in [1.807, 2.05) is 99.6 Å². The fraction of sp³-hybridized carbons (Fsp3) is 0.241. The standard InChI is InChI=1S/C29H33N5O2/c1-20-15-26(34(33-20)25-14-7-9-21(16-25)18-30)28(36)31-24-13-8-12-23(17-24)27(32-29(2,3)19-35)22-10-5-4-6-11-22/h4-17,27,32,35H,18-19,30H2,1-3H3,(H,31,36). The van der Waals surface area contributed by atoms with Crippen molar-refractivity contribution in [3.05, 3.63) is 113 Å². The number of rotatable bonds is 9. The molecule has 0 aliphatic rings. The van der Waals surface area contributed by atoms with E-state index in [0.29, 0.717) is 17.9 Å². The number of aliphatic hydroxyl groups is 1. The van der Waals surface area contributed by atoms with Gasteiger partial charge in [-0.05, 0) is 67.8 Å². The second-order valence-corrected chi connectivity index (χ2v) is 9.57. The molecule has 4 rings (SSSR count). The maximum Gasteiger partial charge on any atom is 0.274 e. The van der Waals surface area contributed by atoms with E-state index in [0.717, 1.165) is 28.1 Å². The number of hydrogen-bond acceptors (Lipinski definition) is 5. The van der Waals surface area contributed by atoms with Gasteiger partial charge in [0, 0.05) is 17.8 Å². The third-order valence-electron chi connectivity index (χ3n) is 6.00. The summed E-state index contributed by atoms with van der Waals surface area (Å²) in [5.74, 6) is -0.259. The number of nitrogens with two attached hydrogens (primary N) is 1. The van der Waals surface area contributed by atoms with Crippen molar-refractivity contribution < 1.29 is 9.90 Å². The number of anilines is 1. The van der Waals surface area contributed by atoms with Crippen molar-refractivity contribution in [3.8, 4) is 5.69 Å². The van der Waals surface area contributed by atoms with Crippen molar-refractivity contribution in [1.82, 2.24) is 15.1 Å². The number of carbonyl (C=O) groups excluding carboxylic acids is 1. The van der Waals surface area contributed by atoms with E-state index in [4.69, 9.17) is 5.73 Å². The molecule has 7 heteroatoms. The Morgan fingerprint density at radius 2 is 1.72 bits per heavy atom. The summed E-state index contributed by atoms with van der Waals surface area (Å²) in [5, 5.41) is 21.0. The van der Waals surface area contributed by atoms with Gasteiger partial charge < -0.3 is 16.2 Å². The summed E-state index contributed by atoms with van der Waals surface area (Å²) in [5.41, 5.74) is 10.9. The van der Waals surface area contributed by atoms with Crippen LogP contribution in [0.4, 0.5) is 5.69 Å². The predicted octanol–water partition coefficient (Wildman–Crippen LogP) is 4.34. The van der Waals surface area contributed by atoms with E-state index in [-0.39, 0.29) is 18.6 Å². The summed E-state index contributed by atoms with van der Waals surface area (Å²) in [4.78, 5) is 13.4. The predicted molar refractivity (Wildman–Crippen MR) is 143 cm³/mol. The van der Waals surface area contributed by atoms with Crippen LogP contribution in [-0.2, 0) is 6.54 Å². The Morgan fingerprint density at radius 3 is 2.44 bits per heavy atom. The number of carbonyl (C=O) groups is 1. The molecule has 1 heterocycles. The molecule has 186 valence electrons. The molecule has 7 nitrogen and oxygen atoms in total. The van der Waals surface area contributed by atoms with E-state index in [1.54, 1.807) is 10.7 Å². The molecule has 0 spiro atoms. The van der Waals surface area contributed by atoms with Crippen LogP contribution in [0.2, 0.25) is 0 Å². The first-order valence-electron chi connectivity index (χ1n) is 12.0. The van der Waals surface area contributed by atoms with Gasteiger partial charge in [0.05, 0.1) is 24.0 Å². The Labute approximate surface area is 212 Å². The molecule has 0 saturated carbocycles. The first kappa shape index (κ1) is 25.3. The summed E-state index contributed by atoms with van der Waals surface area (Å²) >= 11 is 0. The smallest absolute Gasteiger partial charge is 0.274 e. The Morgan fingerprint density at radius 1 is 1.00 bits per heavy atom. The van der Waals surface area contributed by atoms with Crippen molar-refractivity contribution in [3.63, 3.8) is 0 Å². The van der Waals surface area contributed by atoms with Gasteiger partial charge in [-0.25, -0.2) is 4.68 Å². The molecule has 0 saturated heterocycles. The average molecular weight is 484 g/mol. The average Bonchev–Trinajstić information content (AvgIpc) is 3.30. The highest BCUT2D eigenvalue weighted by Crippen LogP contribution is 2.27. The third kappa shape index (κ3) is 5.88. The van der Waals surface area contributed by atoms with E-state index in [2.05, 4.69) is 15.7 Å². The quantitative estimate of drug-likeness (QED) is 0.283. The normalized spacial score (nSPS) is 12.4. The minimum atomic E-state index is -0.498. The second-order valence-electron chi connectivity index (χ2n) is 9.57. The monoisotopic (exact) mass is 483 g/mol. The van der Waals surface area contributed by atoms with Crippen molar-refractivity contribution in [2.75, 3.05) is 11.9 Å². The van der Waals surface area contributed by atoms with Crippen LogP contribution >= 0.6 is 0 Å². The number of nitrogens with zero attached hydrogens (tertiary/aromatic N) is 2.